The van der Waals surface area contributed by atoms with E-state index < -0.39 is 0 Å². The van der Waals surface area contributed by atoms with Crippen molar-refractivity contribution in [3.05, 3.63) is 40.5 Å². The van der Waals surface area contributed by atoms with Gasteiger partial charge < -0.3 is 9.64 Å². The number of ether oxygens (including phenoxy) is 1. The number of hydrogen-bond acceptors (Lipinski definition) is 4. The van der Waals surface area contributed by atoms with E-state index in [2.05, 4.69) is 32.2 Å². The van der Waals surface area contributed by atoms with Crippen LogP contribution in [0.3, 0.4) is 0 Å². The van der Waals surface area contributed by atoms with Gasteiger partial charge in [0.15, 0.2) is 0 Å². The minimum Gasteiger partial charge on any atom is -0.381 e. The van der Waals surface area contributed by atoms with E-state index >= 15 is 0 Å². The monoisotopic (exact) mass is 402 g/mol. The number of H-pyrrole nitrogens is 1. The average Bonchev–Trinajstić information content (AvgIpc) is 3.13. The van der Waals surface area contributed by atoms with Crippen LogP contribution < -0.4 is 0 Å². The second-order valence-corrected chi connectivity index (χ2v) is 6.84. The number of nitrogens with zero attached hydrogens (tertiary/aromatic N) is 3. The summed E-state index contributed by atoms with van der Waals surface area (Å²) in [6.45, 7) is 1.72. The Balaban J connectivity index is 1.79. The Hall–Kier alpha value is -2.17. The third-order valence-electron chi connectivity index (χ3n) is 4.31. The molecule has 1 aromatic carbocycles. The largest absolute Gasteiger partial charge is 0.381 e. The van der Waals surface area contributed by atoms with Crippen molar-refractivity contribution in [3.63, 3.8) is 0 Å². The van der Waals surface area contributed by atoms with Crippen LogP contribution in [0.2, 0.25) is 0 Å². The molecule has 1 amide bonds. The van der Waals surface area contributed by atoms with Gasteiger partial charge >= 0.3 is 0 Å². The number of aromatic amines is 1. The molecule has 1 saturated heterocycles. The fourth-order valence-corrected chi connectivity index (χ4v) is 3.24. The SMILES string of the molecule is N#CCCN(C(=O)c1cc(-c2ccc(Br)cc2)n[nH]1)C1CCOCC1. The molecule has 130 valence electrons. The van der Waals surface area contributed by atoms with Gasteiger partial charge in [-0.3, -0.25) is 9.89 Å². The summed E-state index contributed by atoms with van der Waals surface area (Å²) in [6, 6.07) is 11.8. The molecule has 0 spiro atoms. The minimum atomic E-state index is -0.113. The molecule has 0 atom stereocenters. The molecule has 6 nitrogen and oxygen atoms in total. The lowest BCUT2D eigenvalue weighted by atomic mass is 10.1. The second kappa shape index (κ2) is 8.28. The predicted octanol–water partition coefficient (Wildman–Crippen LogP) is 3.37. The van der Waals surface area contributed by atoms with E-state index in [9.17, 15) is 4.79 Å². The zero-order valence-corrected chi connectivity index (χ0v) is 15.3. The lowest BCUT2D eigenvalue weighted by Crippen LogP contribution is -2.44. The molecule has 0 saturated carbocycles. The topological polar surface area (TPSA) is 82.0 Å². The molecule has 1 aromatic heterocycles. The predicted molar refractivity (Wildman–Crippen MR) is 96.8 cm³/mol. The van der Waals surface area contributed by atoms with Crippen molar-refractivity contribution in [2.45, 2.75) is 25.3 Å². The Morgan fingerprint density at radius 3 is 2.76 bits per heavy atom. The third-order valence-corrected chi connectivity index (χ3v) is 4.83. The van der Waals surface area contributed by atoms with Gasteiger partial charge in [-0.05, 0) is 31.0 Å². The number of rotatable bonds is 5. The summed E-state index contributed by atoms with van der Waals surface area (Å²) in [4.78, 5) is 14.7. The summed E-state index contributed by atoms with van der Waals surface area (Å²) in [5.74, 6) is -0.113. The van der Waals surface area contributed by atoms with Gasteiger partial charge in [-0.25, -0.2) is 0 Å². The molecule has 2 heterocycles. The van der Waals surface area contributed by atoms with Crippen molar-refractivity contribution in [2.75, 3.05) is 19.8 Å². The fraction of sp³-hybridized carbons (Fsp3) is 0.389. The molecule has 0 radical (unpaired) electrons. The number of hydrogen-bond donors (Lipinski definition) is 1. The molecule has 0 bridgehead atoms. The molecule has 1 aliphatic heterocycles. The molecule has 2 aromatic rings. The number of carbonyl (C=O) groups is 1. The van der Waals surface area contributed by atoms with Crippen LogP contribution in [0.15, 0.2) is 34.8 Å². The van der Waals surface area contributed by atoms with Crippen molar-refractivity contribution < 1.29 is 9.53 Å². The number of nitrogens with one attached hydrogen (secondary N) is 1. The Kier molecular flexibility index (Phi) is 5.84. The maximum Gasteiger partial charge on any atom is 0.272 e. The number of halogens is 1. The van der Waals surface area contributed by atoms with Gasteiger partial charge in [0.1, 0.15) is 5.69 Å². The molecular formula is C18H19BrN4O2. The summed E-state index contributed by atoms with van der Waals surface area (Å²) in [5.41, 5.74) is 2.11. The smallest absolute Gasteiger partial charge is 0.272 e. The highest BCUT2D eigenvalue weighted by molar-refractivity contribution is 9.10. The number of amides is 1. The maximum atomic E-state index is 12.9. The van der Waals surface area contributed by atoms with Crippen LogP contribution in [0.4, 0.5) is 0 Å². The van der Waals surface area contributed by atoms with Crippen LogP contribution in [0.5, 0.6) is 0 Å². The van der Waals surface area contributed by atoms with Crippen molar-refractivity contribution >= 4 is 21.8 Å². The molecule has 0 aliphatic carbocycles. The van der Waals surface area contributed by atoms with E-state index in [4.69, 9.17) is 10.00 Å². The lowest BCUT2D eigenvalue weighted by molar-refractivity contribution is 0.0293. The van der Waals surface area contributed by atoms with Crippen molar-refractivity contribution in [1.29, 1.82) is 5.26 Å². The van der Waals surface area contributed by atoms with Crippen molar-refractivity contribution in [1.82, 2.24) is 15.1 Å². The van der Waals surface area contributed by atoms with Gasteiger partial charge in [-0.1, -0.05) is 28.1 Å². The molecule has 7 heteroatoms. The first-order valence-electron chi connectivity index (χ1n) is 8.26. The molecule has 1 aliphatic rings. The Labute approximate surface area is 154 Å². The zero-order chi connectivity index (χ0) is 17.6. The summed E-state index contributed by atoms with van der Waals surface area (Å²) in [7, 11) is 0. The second-order valence-electron chi connectivity index (χ2n) is 5.92. The average molecular weight is 403 g/mol. The lowest BCUT2D eigenvalue weighted by Gasteiger charge is -2.33. The van der Waals surface area contributed by atoms with Crippen LogP contribution in [0.25, 0.3) is 11.3 Å². The number of carbonyl (C=O) groups excluding carboxylic acids is 1. The molecule has 25 heavy (non-hydrogen) atoms. The van der Waals surface area contributed by atoms with Gasteiger partial charge in [0, 0.05) is 35.8 Å². The van der Waals surface area contributed by atoms with Crippen LogP contribution >= 0.6 is 15.9 Å². The summed E-state index contributed by atoms with van der Waals surface area (Å²) in [5, 5.41) is 16.0. The molecule has 1 N–H and O–H groups in total. The maximum absolute atomic E-state index is 12.9. The molecular weight excluding hydrogens is 384 g/mol. The minimum absolute atomic E-state index is 0.106. The van der Waals surface area contributed by atoms with Gasteiger partial charge in [-0.2, -0.15) is 10.4 Å². The van der Waals surface area contributed by atoms with E-state index in [0.29, 0.717) is 31.9 Å². The summed E-state index contributed by atoms with van der Waals surface area (Å²) < 4.78 is 6.38. The summed E-state index contributed by atoms with van der Waals surface area (Å²) >= 11 is 3.41. The highest BCUT2D eigenvalue weighted by atomic mass is 79.9. The number of nitriles is 1. The first-order valence-corrected chi connectivity index (χ1v) is 9.05. The standard InChI is InChI=1S/C18H19BrN4O2/c19-14-4-2-13(3-5-14)16-12-17(22-21-16)18(24)23(9-1-8-20)15-6-10-25-11-7-15/h2-5,12,15H,1,6-7,9-11H2,(H,21,22). The Bertz CT molecular complexity index is 760. The first-order chi connectivity index (χ1) is 12.2. The van der Waals surface area contributed by atoms with E-state index in [0.717, 1.165) is 28.6 Å². The third kappa shape index (κ3) is 4.27. The van der Waals surface area contributed by atoms with Crippen LogP contribution in [0, 0.1) is 11.3 Å². The molecule has 0 unspecified atom stereocenters. The Morgan fingerprint density at radius 1 is 1.36 bits per heavy atom. The highest BCUT2D eigenvalue weighted by Gasteiger charge is 2.27. The van der Waals surface area contributed by atoms with Crippen LogP contribution in [-0.2, 0) is 4.74 Å². The number of aromatic nitrogens is 2. The number of benzene rings is 1. The van der Waals surface area contributed by atoms with E-state index in [1.807, 2.05) is 24.3 Å². The van der Waals surface area contributed by atoms with Gasteiger partial charge in [0.05, 0.1) is 18.2 Å². The van der Waals surface area contributed by atoms with Gasteiger partial charge in [-0.15, -0.1) is 0 Å². The Morgan fingerprint density at radius 2 is 2.08 bits per heavy atom. The van der Waals surface area contributed by atoms with Crippen LogP contribution in [0.1, 0.15) is 29.8 Å². The van der Waals surface area contributed by atoms with E-state index in [1.165, 1.54) is 0 Å². The van der Waals surface area contributed by atoms with Crippen molar-refractivity contribution in [3.8, 4) is 17.3 Å². The molecule has 1 fully saturated rings. The van der Waals surface area contributed by atoms with E-state index in [1.54, 1.807) is 11.0 Å². The first kappa shape index (κ1) is 17.6. The van der Waals surface area contributed by atoms with Crippen LogP contribution in [-0.4, -0.2) is 46.8 Å². The highest BCUT2D eigenvalue weighted by Crippen LogP contribution is 2.22. The van der Waals surface area contributed by atoms with Gasteiger partial charge in [0.2, 0.25) is 0 Å². The van der Waals surface area contributed by atoms with Crippen molar-refractivity contribution in [2.24, 2.45) is 0 Å². The normalized spacial score (nSPS) is 14.9. The summed E-state index contributed by atoms with van der Waals surface area (Å²) in [6.07, 6.45) is 1.91. The quantitative estimate of drug-likeness (QED) is 0.830. The zero-order valence-electron chi connectivity index (χ0n) is 13.7. The van der Waals surface area contributed by atoms with Gasteiger partial charge in [0.25, 0.3) is 5.91 Å². The fourth-order valence-electron chi connectivity index (χ4n) is 2.97. The molecule has 3 rings (SSSR count). The van der Waals surface area contributed by atoms with E-state index in [-0.39, 0.29) is 11.9 Å².